The van der Waals surface area contributed by atoms with Gasteiger partial charge in [-0.1, -0.05) is 41.9 Å². The molecule has 0 fully saturated rings. The lowest BCUT2D eigenvalue weighted by Crippen LogP contribution is -2.34. The van der Waals surface area contributed by atoms with Crippen LogP contribution in [0.5, 0.6) is 5.75 Å². The summed E-state index contributed by atoms with van der Waals surface area (Å²) in [5, 5.41) is 8.76. The Hall–Kier alpha value is -3.26. The lowest BCUT2D eigenvalue weighted by Gasteiger charge is -2.19. The Balaban J connectivity index is 1.71. The van der Waals surface area contributed by atoms with Crippen molar-refractivity contribution in [3.63, 3.8) is 0 Å². The highest BCUT2D eigenvalue weighted by atomic mass is 35.5. The van der Waals surface area contributed by atoms with E-state index in [0.717, 1.165) is 5.56 Å². The Morgan fingerprint density at radius 1 is 0.912 bits per heavy atom. The molecule has 0 heterocycles. The monoisotopic (exact) mass is 489 g/mol. The summed E-state index contributed by atoms with van der Waals surface area (Å²) in [6, 6.07) is 14.4. The number of benzene rings is 2. The van der Waals surface area contributed by atoms with Crippen molar-refractivity contribution in [3.05, 3.63) is 59.1 Å². The zero-order valence-corrected chi connectivity index (χ0v) is 20.5. The second-order valence-corrected chi connectivity index (χ2v) is 8.95. The first-order valence-electron chi connectivity index (χ1n) is 11.1. The highest BCUT2D eigenvalue weighted by Crippen LogP contribution is 2.23. The van der Waals surface area contributed by atoms with Crippen molar-refractivity contribution in [1.29, 1.82) is 0 Å². The van der Waals surface area contributed by atoms with Gasteiger partial charge in [-0.25, -0.2) is 4.79 Å². The third-order valence-electron chi connectivity index (χ3n) is 4.43. The Morgan fingerprint density at radius 2 is 1.62 bits per heavy atom. The molecule has 0 bridgehead atoms. The molecule has 3 N–H and O–H groups in total. The number of ether oxygens (including phenoxy) is 2. The van der Waals surface area contributed by atoms with E-state index in [1.807, 2.05) is 24.3 Å². The van der Waals surface area contributed by atoms with Crippen LogP contribution < -0.4 is 20.7 Å². The molecule has 184 valence electrons. The third kappa shape index (κ3) is 10.6. The van der Waals surface area contributed by atoms with E-state index in [4.69, 9.17) is 21.1 Å². The van der Waals surface area contributed by atoms with Crippen molar-refractivity contribution in [1.82, 2.24) is 10.6 Å². The van der Waals surface area contributed by atoms with Crippen LogP contribution >= 0.6 is 11.6 Å². The molecule has 3 amide bonds. The molecular weight excluding hydrogens is 458 g/mol. The first-order chi connectivity index (χ1) is 16.1. The zero-order chi connectivity index (χ0) is 25.0. The molecule has 8 nitrogen and oxygen atoms in total. The maximum Gasteiger partial charge on any atom is 0.407 e. The van der Waals surface area contributed by atoms with Crippen molar-refractivity contribution < 1.29 is 23.9 Å². The van der Waals surface area contributed by atoms with Gasteiger partial charge < -0.3 is 25.4 Å². The van der Waals surface area contributed by atoms with Gasteiger partial charge in [0.2, 0.25) is 11.8 Å². The standard InChI is InChI=1S/C25H32ClN3O5/c1-25(2,3)34-24(32)27-15-14-23(31)29-20-11-6-4-9-18(20)17-28-22(30)13-8-16-33-21-12-7-5-10-19(21)26/h4-7,9-12H,8,13-17H2,1-3H3,(H,27,32)(H,28,30)(H,29,31). The van der Waals surface area contributed by atoms with Crippen LogP contribution in [0.2, 0.25) is 5.02 Å². The van der Waals surface area contributed by atoms with Crippen LogP contribution in [0.1, 0.15) is 45.6 Å². The summed E-state index contributed by atoms with van der Waals surface area (Å²) in [4.78, 5) is 36.1. The molecule has 0 aliphatic rings. The molecule has 0 unspecified atom stereocenters. The summed E-state index contributed by atoms with van der Waals surface area (Å²) >= 11 is 6.04. The Labute approximate surface area is 205 Å². The van der Waals surface area contributed by atoms with Gasteiger partial charge in [-0.15, -0.1) is 0 Å². The predicted molar refractivity (Wildman–Crippen MR) is 132 cm³/mol. The minimum atomic E-state index is -0.599. The summed E-state index contributed by atoms with van der Waals surface area (Å²) in [5.74, 6) is 0.215. The molecule has 0 aliphatic carbocycles. The molecule has 9 heteroatoms. The lowest BCUT2D eigenvalue weighted by molar-refractivity contribution is -0.121. The number of carbonyl (C=O) groups excluding carboxylic acids is 3. The molecule has 0 aliphatic heterocycles. The molecule has 0 saturated heterocycles. The fraction of sp³-hybridized carbons (Fsp3) is 0.400. The lowest BCUT2D eigenvalue weighted by atomic mass is 10.1. The number of nitrogens with one attached hydrogen (secondary N) is 3. The Kier molecular flexibility index (Phi) is 10.7. The number of amides is 3. The van der Waals surface area contributed by atoms with Crippen LogP contribution in [0, 0.1) is 0 Å². The van der Waals surface area contributed by atoms with Gasteiger partial charge in [0.05, 0.1) is 11.6 Å². The van der Waals surface area contributed by atoms with Gasteiger partial charge in [0.1, 0.15) is 11.4 Å². The van der Waals surface area contributed by atoms with E-state index in [-0.39, 0.29) is 31.3 Å². The first-order valence-corrected chi connectivity index (χ1v) is 11.5. The van der Waals surface area contributed by atoms with Crippen molar-refractivity contribution in [2.75, 3.05) is 18.5 Å². The fourth-order valence-electron chi connectivity index (χ4n) is 2.86. The smallest absolute Gasteiger partial charge is 0.407 e. The number of carbonyl (C=O) groups is 3. The van der Waals surface area contributed by atoms with E-state index in [2.05, 4.69) is 16.0 Å². The molecule has 34 heavy (non-hydrogen) atoms. The topological polar surface area (TPSA) is 106 Å². The van der Waals surface area contributed by atoms with Gasteiger partial charge in [0.15, 0.2) is 0 Å². The van der Waals surface area contributed by atoms with Crippen LogP contribution in [0.4, 0.5) is 10.5 Å². The van der Waals surface area contributed by atoms with Crippen LogP contribution in [-0.2, 0) is 20.9 Å². The van der Waals surface area contributed by atoms with Gasteiger partial charge in [-0.05, 0) is 51.0 Å². The van der Waals surface area contributed by atoms with Crippen LogP contribution in [-0.4, -0.2) is 36.7 Å². The van der Waals surface area contributed by atoms with E-state index >= 15 is 0 Å². The maximum absolute atomic E-state index is 12.3. The minimum absolute atomic E-state index is 0.0887. The number of alkyl carbamates (subject to hydrolysis) is 1. The molecule has 2 rings (SSSR count). The molecule has 0 spiro atoms. The zero-order valence-electron chi connectivity index (χ0n) is 19.8. The summed E-state index contributed by atoms with van der Waals surface area (Å²) in [6.45, 7) is 6.10. The molecule has 2 aromatic carbocycles. The quantitative estimate of drug-likeness (QED) is 0.398. The van der Waals surface area contributed by atoms with E-state index in [1.165, 1.54) is 0 Å². The van der Waals surface area contributed by atoms with Gasteiger partial charge in [-0.2, -0.15) is 0 Å². The minimum Gasteiger partial charge on any atom is -0.492 e. The molecule has 0 saturated carbocycles. The molecule has 0 aromatic heterocycles. The van der Waals surface area contributed by atoms with Crippen molar-refractivity contribution in [3.8, 4) is 5.75 Å². The summed E-state index contributed by atoms with van der Waals surface area (Å²) in [6.07, 6.45) is 0.363. The van der Waals surface area contributed by atoms with E-state index in [0.29, 0.717) is 35.9 Å². The van der Waals surface area contributed by atoms with Gasteiger partial charge in [-0.3, -0.25) is 9.59 Å². The second kappa shape index (κ2) is 13.4. The number of rotatable bonds is 11. The van der Waals surface area contributed by atoms with Crippen LogP contribution in [0.15, 0.2) is 48.5 Å². The SMILES string of the molecule is CC(C)(C)OC(=O)NCCC(=O)Nc1ccccc1CNC(=O)CCCOc1ccccc1Cl. The number of para-hydroxylation sites is 2. The second-order valence-electron chi connectivity index (χ2n) is 8.54. The van der Waals surface area contributed by atoms with Crippen molar-refractivity contribution >= 4 is 35.2 Å². The Morgan fingerprint density at radius 3 is 2.35 bits per heavy atom. The van der Waals surface area contributed by atoms with Gasteiger partial charge >= 0.3 is 6.09 Å². The highest BCUT2D eigenvalue weighted by molar-refractivity contribution is 6.32. The van der Waals surface area contributed by atoms with Gasteiger partial charge in [0.25, 0.3) is 0 Å². The van der Waals surface area contributed by atoms with Crippen molar-refractivity contribution in [2.24, 2.45) is 0 Å². The van der Waals surface area contributed by atoms with Gasteiger partial charge in [0, 0.05) is 31.6 Å². The maximum atomic E-state index is 12.3. The average molecular weight is 490 g/mol. The van der Waals surface area contributed by atoms with Crippen LogP contribution in [0.25, 0.3) is 0 Å². The number of hydrogen-bond acceptors (Lipinski definition) is 5. The number of anilines is 1. The highest BCUT2D eigenvalue weighted by Gasteiger charge is 2.16. The van der Waals surface area contributed by atoms with E-state index in [1.54, 1.807) is 45.0 Å². The summed E-state index contributed by atoms with van der Waals surface area (Å²) in [7, 11) is 0. The van der Waals surface area contributed by atoms with Crippen molar-refractivity contribution in [2.45, 2.75) is 52.2 Å². The summed E-state index contributed by atoms with van der Waals surface area (Å²) < 4.78 is 10.7. The van der Waals surface area contributed by atoms with Crippen LogP contribution in [0.3, 0.4) is 0 Å². The molecule has 0 radical (unpaired) electrons. The van der Waals surface area contributed by atoms with E-state index < -0.39 is 11.7 Å². The summed E-state index contributed by atoms with van der Waals surface area (Å²) in [5.41, 5.74) is 0.780. The molecule has 2 aromatic rings. The molecule has 0 atom stereocenters. The Bertz CT molecular complexity index is 975. The van der Waals surface area contributed by atoms with E-state index in [9.17, 15) is 14.4 Å². The average Bonchev–Trinajstić information content (AvgIpc) is 2.76. The predicted octanol–water partition coefficient (Wildman–Crippen LogP) is 4.67. The first kappa shape index (κ1) is 27.0. The normalized spacial score (nSPS) is 10.8. The number of hydrogen-bond donors (Lipinski definition) is 3. The number of halogens is 1. The largest absolute Gasteiger partial charge is 0.492 e. The fourth-order valence-corrected chi connectivity index (χ4v) is 3.05. The molecular formula is C25H32ClN3O5. The third-order valence-corrected chi connectivity index (χ3v) is 4.74.